The van der Waals surface area contributed by atoms with E-state index in [-0.39, 0.29) is 5.91 Å². The molecule has 1 unspecified atom stereocenters. The van der Waals surface area contributed by atoms with Gasteiger partial charge >= 0.3 is 0 Å². The highest BCUT2D eigenvalue weighted by Gasteiger charge is 2.14. The number of amides is 1. The molecule has 0 aliphatic rings. The summed E-state index contributed by atoms with van der Waals surface area (Å²) >= 11 is 13.5. The molecular formula is C17H16Cl2N3OS+. The molecule has 7 heteroatoms. The largest absolute Gasteiger partial charge is 0.324 e. The van der Waals surface area contributed by atoms with Crippen molar-refractivity contribution in [2.45, 2.75) is 6.54 Å². The summed E-state index contributed by atoms with van der Waals surface area (Å²) < 4.78 is 1.17. The summed E-state index contributed by atoms with van der Waals surface area (Å²) in [6, 6.07) is 13.1. The minimum absolute atomic E-state index is 0.0769. The van der Waals surface area contributed by atoms with E-state index in [1.807, 2.05) is 25.2 Å². The Labute approximate surface area is 154 Å². The van der Waals surface area contributed by atoms with E-state index in [1.54, 1.807) is 29.5 Å². The molecule has 0 aliphatic heterocycles. The number of carbonyl (C=O) groups excluding carboxylic acids is 1. The molecule has 0 saturated carbocycles. The number of aromatic nitrogens is 1. The molecule has 4 nitrogen and oxygen atoms in total. The first-order valence-corrected chi connectivity index (χ1v) is 8.99. The summed E-state index contributed by atoms with van der Waals surface area (Å²) in [7, 11) is 1.97. The van der Waals surface area contributed by atoms with Crippen LogP contribution in [0.1, 0.15) is 5.01 Å². The Bertz CT molecular complexity index is 848. The zero-order valence-electron chi connectivity index (χ0n) is 13.0. The molecule has 0 fully saturated rings. The number of quaternary nitrogens is 1. The maximum atomic E-state index is 12.2. The highest BCUT2D eigenvalue weighted by molar-refractivity contribution is 7.18. The van der Waals surface area contributed by atoms with Crippen molar-refractivity contribution in [1.82, 2.24) is 4.98 Å². The van der Waals surface area contributed by atoms with Crippen molar-refractivity contribution in [2.24, 2.45) is 0 Å². The van der Waals surface area contributed by atoms with E-state index in [0.29, 0.717) is 28.8 Å². The lowest BCUT2D eigenvalue weighted by Gasteiger charge is -2.12. The SMILES string of the molecule is C[NH+](CC(=O)Nc1ccc(Cl)c(Cl)c1)Cc1nc2ccccc2s1. The first-order valence-electron chi connectivity index (χ1n) is 7.42. The predicted molar refractivity (Wildman–Crippen MR) is 100 cm³/mol. The van der Waals surface area contributed by atoms with E-state index in [0.717, 1.165) is 15.4 Å². The van der Waals surface area contributed by atoms with Gasteiger partial charge in [-0.25, -0.2) is 4.98 Å². The van der Waals surface area contributed by atoms with Crippen LogP contribution >= 0.6 is 34.5 Å². The highest BCUT2D eigenvalue weighted by atomic mass is 35.5. The summed E-state index contributed by atoms with van der Waals surface area (Å²) in [4.78, 5) is 17.8. The van der Waals surface area contributed by atoms with Crippen molar-refractivity contribution in [3.05, 3.63) is 57.5 Å². The van der Waals surface area contributed by atoms with Gasteiger partial charge in [0.05, 0.1) is 27.3 Å². The van der Waals surface area contributed by atoms with Gasteiger partial charge in [0.25, 0.3) is 5.91 Å². The molecule has 124 valence electrons. The number of benzene rings is 2. The van der Waals surface area contributed by atoms with Crippen molar-refractivity contribution >= 4 is 56.3 Å². The normalized spacial score (nSPS) is 12.3. The number of fused-ring (bicyclic) bond motifs is 1. The molecule has 2 aromatic carbocycles. The van der Waals surface area contributed by atoms with Crippen LogP contribution in [0.5, 0.6) is 0 Å². The number of nitrogens with one attached hydrogen (secondary N) is 2. The van der Waals surface area contributed by atoms with Crippen molar-refractivity contribution in [2.75, 3.05) is 18.9 Å². The molecule has 1 heterocycles. The quantitative estimate of drug-likeness (QED) is 0.713. The van der Waals surface area contributed by atoms with Crippen molar-refractivity contribution in [1.29, 1.82) is 0 Å². The molecule has 3 aromatic rings. The second-order valence-corrected chi connectivity index (χ2v) is 7.49. The number of rotatable bonds is 5. The van der Waals surface area contributed by atoms with Gasteiger partial charge in [-0.2, -0.15) is 0 Å². The van der Waals surface area contributed by atoms with Crippen molar-refractivity contribution < 1.29 is 9.69 Å². The zero-order chi connectivity index (χ0) is 17.1. The van der Waals surface area contributed by atoms with Crippen LogP contribution < -0.4 is 10.2 Å². The molecule has 24 heavy (non-hydrogen) atoms. The van der Waals surface area contributed by atoms with E-state index in [4.69, 9.17) is 23.2 Å². The number of nitrogens with zero attached hydrogens (tertiary/aromatic N) is 1. The van der Waals surface area contributed by atoms with Gasteiger partial charge in [0, 0.05) is 5.69 Å². The molecule has 0 saturated heterocycles. The van der Waals surface area contributed by atoms with Gasteiger partial charge in [0.1, 0.15) is 11.6 Å². The topological polar surface area (TPSA) is 46.4 Å². The monoisotopic (exact) mass is 380 g/mol. The number of anilines is 1. The Morgan fingerprint density at radius 3 is 2.75 bits per heavy atom. The van der Waals surface area contributed by atoms with Crippen LogP contribution in [-0.2, 0) is 11.3 Å². The maximum absolute atomic E-state index is 12.2. The molecule has 0 spiro atoms. The van der Waals surface area contributed by atoms with E-state index >= 15 is 0 Å². The van der Waals surface area contributed by atoms with Gasteiger partial charge in [-0.3, -0.25) is 4.79 Å². The molecule has 2 N–H and O–H groups in total. The van der Waals surface area contributed by atoms with Crippen LogP contribution in [0, 0.1) is 0 Å². The third-order valence-electron chi connectivity index (χ3n) is 3.46. The number of hydrogen-bond donors (Lipinski definition) is 2. The predicted octanol–water partition coefficient (Wildman–Crippen LogP) is 3.26. The van der Waals surface area contributed by atoms with E-state index in [2.05, 4.69) is 16.4 Å². The second kappa shape index (κ2) is 7.49. The lowest BCUT2D eigenvalue weighted by molar-refractivity contribution is -0.885. The number of thiazole rings is 1. The lowest BCUT2D eigenvalue weighted by atomic mass is 10.3. The van der Waals surface area contributed by atoms with Crippen LogP contribution in [-0.4, -0.2) is 24.5 Å². The molecule has 0 radical (unpaired) electrons. The van der Waals surface area contributed by atoms with Gasteiger partial charge in [-0.1, -0.05) is 35.3 Å². The first-order chi connectivity index (χ1) is 11.5. The Morgan fingerprint density at radius 1 is 1.21 bits per heavy atom. The van der Waals surface area contributed by atoms with Gasteiger partial charge in [0.2, 0.25) is 0 Å². The maximum Gasteiger partial charge on any atom is 0.279 e. The zero-order valence-corrected chi connectivity index (χ0v) is 15.3. The highest BCUT2D eigenvalue weighted by Crippen LogP contribution is 2.25. The Kier molecular flexibility index (Phi) is 5.36. The van der Waals surface area contributed by atoms with Crippen molar-refractivity contribution in [3.8, 4) is 0 Å². The van der Waals surface area contributed by atoms with Gasteiger partial charge in [-0.15, -0.1) is 11.3 Å². The minimum atomic E-state index is -0.0769. The van der Waals surface area contributed by atoms with Crippen molar-refractivity contribution in [3.63, 3.8) is 0 Å². The fourth-order valence-corrected chi connectivity index (χ4v) is 3.75. The molecule has 1 aromatic heterocycles. The molecule has 1 atom stereocenters. The Balaban J connectivity index is 1.58. The average molecular weight is 381 g/mol. The number of para-hydroxylation sites is 1. The number of halogens is 2. The summed E-state index contributed by atoms with van der Waals surface area (Å²) in [5, 5.41) is 4.74. The van der Waals surface area contributed by atoms with Crippen LogP contribution in [0.2, 0.25) is 10.0 Å². The van der Waals surface area contributed by atoms with E-state index in [1.165, 1.54) is 4.70 Å². The summed E-state index contributed by atoms with van der Waals surface area (Å²) in [6.07, 6.45) is 0. The van der Waals surface area contributed by atoms with E-state index in [9.17, 15) is 4.79 Å². The van der Waals surface area contributed by atoms with Gasteiger partial charge in [0.15, 0.2) is 6.54 Å². The fourth-order valence-electron chi connectivity index (χ4n) is 2.37. The van der Waals surface area contributed by atoms with Gasteiger partial charge in [-0.05, 0) is 30.3 Å². The number of carbonyl (C=O) groups is 1. The molecule has 3 rings (SSSR count). The smallest absolute Gasteiger partial charge is 0.279 e. The third-order valence-corrected chi connectivity index (χ3v) is 5.23. The molecule has 0 bridgehead atoms. The van der Waals surface area contributed by atoms with Crippen LogP contribution in [0.25, 0.3) is 10.2 Å². The molecular weight excluding hydrogens is 365 g/mol. The van der Waals surface area contributed by atoms with Crippen LogP contribution in [0.4, 0.5) is 5.69 Å². The summed E-state index contributed by atoms with van der Waals surface area (Å²) in [5.74, 6) is -0.0769. The Hall–Kier alpha value is -1.66. The third kappa shape index (κ3) is 4.24. The fraction of sp³-hybridized carbons (Fsp3) is 0.176. The summed E-state index contributed by atoms with van der Waals surface area (Å²) in [6.45, 7) is 1.05. The van der Waals surface area contributed by atoms with E-state index < -0.39 is 0 Å². The number of hydrogen-bond acceptors (Lipinski definition) is 3. The Morgan fingerprint density at radius 2 is 2.00 bits per heavy atom. The standard InChI is InChI=1S/C17H15Cl2N3OS/c1-22(10-17-21-14-4-2-3-5-15(14)24-17)9-16(23)20-11-6-7-12(18)13(19)8-11/h2-8H,9-10H2,1H3,(H,20,23)/p+1. The first kappa shape index (κ1) is 17.2. The van der Waals surface area contributed by atoms with Gasteiger partial charge < -0.3 is 10.2 Å². The number of likely N-dealkylation sites (N-methyl/N-ethyl adjacent to an activating group) is 1. The second-order valence-electron chi connectivity index (χ2n) is 5.56. The van der Waals surface area contributed by atoms with Crippen LogP contribution in [0.3, 0.4) is 0 Å². The average Bonchev–Trinajstić information content (AvgIpc) is 2.92. The lowest BCUT2D eigenvalue weighted by Crippen LogP contribution is -3.08. The van der Waals surface area contributed by atoms with Crippen LogP contribution in [0.15, 0.2) is 42.5 Å². The molecule has 1 amide bonds. The molecule has 0 aliphatic carbocycles. The minimum Gasteiger partial charge on any atom is -0.324 e. The summed E-state index contributed by atoms with van der Waals surface area (Å²) in [5.41, 5.74) is 1.65.